The molecular weight excluding hydrogens is 292 g/mol. The van der Waals surface area contributed by atoms with Gasteiger partial charge in [-0.2, -0.15) is 0 Å². The Bertz CT molecular complexity index is 663. The van der Waals surface area contributed by atoms with E-state index in [-0.39, 0.29) is 11.8 Å². The van der Waals surface area contributed by atoms with E-state index < -0.39 is 0 Å². The van der Waals surface area contributed by atoms with Crippen LogP contribution >= 0.6 is 0 Å². The van der Waals surface area contributed by atoms with Gasteiger partial charge >= 0.3 is 0 Å². The maximum absolute atomic E-state index is 12.4. The third kappa shape index (κ3) is 4.00. The summed E-state index contributed by atoms with van der Waals surface area (Å²) in [7, 11) is 0. The summed E-state index contributed by atoms with van der Waals surface area (Å²) in [4.78, 5) is 31.4. The number of piperidine rings is 1. The first kappa shape index (κ1) is 15.3. The van der Waals surface area contributed by atoms with Gasteiger partial charge in [-0.25, -0.2) is 9.97 Å². The first-order valence-corrected chi connectivity index (χ1v) is 7.79. The summed E-state index contributed by atoms with van der Waals surface area (Å²) in [5.74, 6) is 0.703. The molecule has 23 heavy (non-hydrogen) atoms. The van der Waals surface area contributed by atoms with Gasteiger partial charge in [0.1, 0.15) is 0 Å². The molecule has 1 fully saturated rings. The van der Waals surface area contributed by atoms with Crippen molar-refractivity contribution < 1.29 is 4.79 Å². The summed E-state index contributed by atoms with van der Waals surface area (Å²) < 4.78 is 0. The minimum absolute atomic E-state index is 0.0491. The molecule has 1 aliphatic heterocycles. The first-order valence-electron chi connectivity index (χ1n) is 7.79. The number of amides is 1. The highest BCUT2D eigenvalue weighted by Crippen LogP contribution is 2.20. The van der Waals surface area contributed by atoms with Crippen LogP contribution in [0.4, 0.5) is 5.95 Å². The number of anilines is 1. The molecule has 0 bridgehead atoms. The van der Waals surface area contributed by atoms with Gasteiger partial charge in [-0.15, -0.1) is 0 Å². The second-order valence-electron chi connectivity index (χ2n) is 5.70. The highest BCUT2D eigenvalue weighted by Gasteiger charge is 2.27. The Balaban J connectivity index is 1.58. The van der Waals surface area contributed by atoms with Gasteiger partial charge < -0.3 is 10.2 Å². The maximum Gasteiger partial charge on any atom is 0.225 e. The molecule has 1 unspecified atom stereocenters. The first-order chi connectivity index (χ1) is 11.2. The zero-order valence-corrected chi connectivity index (χ0v) is 13.1. The van der Waals surface area contributed by atoms with Crippen molar-refractivity contribution in [3.63, 3.8) is 0 Å². The number of hydrogen-bond donors (Lipinski definition) is 1. The Morgan fingerprint density at radius 1 is 1.35 bits per heavy atom. The zero-order valence-electron chi connectivity index (χ0n) is 13.1. The second kappa shape index (κ2) is 7.13. The Kier molecular flexibility index (Phi) is 4.75. The van der Waals surface area contributed by atoms with Crippen molar-refractivity contribution in [2.75, 3.05) is 18.0 Å². The van der Waals surface area contributed by atoms with Gasteiger partial charge in [0, 0.05) is 37.4 Å². The number of nitrogens with one attached hydrogen (secondary N) is 1. The number of carbonyl (C=O) groups is 1. The summed E-state index contributed by atoms with van der Waals surface area (Å²) >= 11 is 0. The summed E-state index contributed by atoms with van der Waals surface area (Å²) in [6.07, 6.45) is 8.50. The van der Waals surface area contributed by atoms with E-state index in [1.165, 1.54) is 0 Å². The lowest BCUT2D eigenvalue weighted by molar-refractivity contribution is -0.125. The van der Waals surface area contributed by atoms with Crippen LogP contribution < -0.4 is 10.2 Å². The third-order valence-electron chi connectivity index (χ3n) is 3.92. The van der Waals surface area contributed by atoms with Crippen LogP contribution in [0.25, 0.3) is 0 Å². The van der Waals surface area contributed by atoms with Crippen LogP contribution in [0.5, 0.6) is 0 Å². The molecule has 1 atom stereocenters. The number of rotatable bonds is 4. The lowest BCUT2D eigenvalue weighted by Gasteiger charge is -2.32. The fraction of sp³-hybridized carbons (Fsp3) is 0.438. The monoisotopic (exact) mass is 312 g/mol. The molecule has 0 radical (unpaired) electrons. The fourth-order valence-corrected chi connectivity index (χ4v) is 2.70. The standard InChI is InChI=1S/C16H20N6O/c1-12-4-5-19-16(21-12)22-8-2-3-13(11-22)15(23)20-10-14-9-17-6-7-18-14/h4-7,9,13H,2-3,8,10-11H2,1H3,(H,20,23). The van der Waals surface area contributed by atoms with Gasteiger partial charge in [-0.1, -0.05) is 0 Å². The van der Waals surface area contributed by atoms with Gasteiger partial charge in [0.2, 0.25) is 11.9 Å². The lowest BCUT2D eigenvalue weighted by Crippen LogP contribution is -2.43. The molecule has 1 aliphatic rings. The van der Waals surface area contributed by atoms with Gasteiger partial charge in [0.15, 0.2) is 0 Å². The Labute approximate surface area is 135 Å². The van der Waals surface area contributed by atoms with E-state index >= 15 is 0 Å². The van der Waals surface area contributed by atoms with Crippen molar-refractivity contribution in [2.24, 2.45) is 5.92 Å². The van der Waals surface area contributed by atoms with E-state index in [1.54, 1.807) is 24.8 Å². The molecule has 1 amide bonds. The third-order valence-corrected chi connectivity index (χ3v) is 3.92. The van der Waals surface area contributed by atoms with E-state index in [2.05, 4.69) is 30.2 Å². The fourth-order valence-electron chi connectivity index (χ4n) is 2.70. The predicted octanol–water partition coefficient (Wildman–Crippen LogP) is 1.11. The molecular formula is C16H20N6O. The quantitative estimate of drug-likeness (QED) is 0.910. The van der Waals surface area contributed by atoms with E-state index in [9.17, 15) is 4.79 Å². The average molecular weight is 312 g/mol. The SMILES string of the molecule is Cc1ccnc(N2CCCC(C(=O)NCc3cnccn3)C2)n1. The molecule has 3 rings (SSSR count). The predicted molar refractivity (Wildman–Crippen MR) is 85.6 cm³/mol. The summed E-state index contributed by atoms with van der Waals surface area (Å²) in [5.41, 5.74) is 1.69. The molecule has 0 saturated carbocycles. The van der Waals surface area contributed by atoms with Crippen molar-refractivity contribution in [3.05, 3.63) is 42.2 Å². The van der Waals surface area contributed by atoms with Gasteiger partial charge in [0.25, 0.3) is 0 Å². The van der Waals surface area contributed by atoms with E-state index in [0.717, 1.165) is 30.8 Å². The molecule has 7 nitrogen and oxygen atoms in total. The van der Waals surface area contributed by atoms with Crippen LogP contribution in [0.2, 0.25) is 0 Å². The van der Waals surface area contributed by atoms with Crippen molar-refractivity contribution in [1.82, 2.24) is 25.3 Å². The Morgan fingerprint density at radius 3 is 3.04 bits per heavy atom. The molecule has 1 N–H and O–H groups in total. The van der Waals surface area contributed by atoms with Gasteiger partial charge in [-0.3, -0.25) is 14.8 Å². The molecule has 2 aromatic rings. The minimum Gasteiger partial charge on any atom is -0.350 e. The number of hydrogen-bond acceptors (Lipinski definition) is 6. The molecule has 0 aliphatic carbocycles. The molecule has 7 heteroatoms. The molecule has 0 spiro atoms. The van der Waals surface area contributed by atoms with E-state index in [1.807, 2.05) is 13.0 Å². The topological polar surface area (TPSA) is 83.9 Å². The number of nitrogens with zero attached hydrogens (tertiary/aromatic N) is 5. The van der Waals surface area contributed by atoms with Crippen molar-refractivity contribution in [3.8, 4) is 0 Å². The van der Waals surface area contributed by atoms with Crippen LogP contribution in [0.3, 0.4) is 0 Å². The summed E-state index contributed by atoms with van der Waals surface area (Å²) in [6.45, 7) is 3.89. The largest absolute Gasteiger partial charge is 0.350 e. The normalized spacial score (nSPS) is 17.8. The maximum atomic E-state index is 12.4. The smallest absolute Gasteiger partial charge is 0.225 e. The van der Waals surface area contributed by atoms with Crippen LogP contribution in [-0.2, 0) is 11.3 Å². The Hall–Kier alpha value is -2.57. The molecule has 2 aromatic heterocycles. The van der Waals surface area contributed by atoms with E-state index in [4.69, 9.17) is 0 Å². The number of carbonyl (C=O) groups excluding carboxylic acids is 1. The zero-order chi connectivity index (χ0) is 16.1. The molecule has 3 heterocycles. The second-order valence-corrected chi connectivity index (χ2v) is 5.70. The highest BCUT2D eigenvalue weighted by molar-refractivity contribution is 5.79. The molecule has 120 valence electrons. The highest BCUT2D eigenvalue weighted by atomic mass is 16.1. The van der Waals surface area contributed by atoms with E-state index in [0.29, 0.717) is 19.0 Å². The summed E-state index contributed by atoms with van der Waals surface area (Å²) in [5, 5.41) is 2.94. The summed E-state index contributed by atoms with van der Waals surface area (Å²) in [6, 6.07) is 1.87. The van der Waals surface area contributed by atoms with Crippen LogP contribution in [0.15, 0.2) is 30.9 Å². The van der Waals surface area contributed by atoms with Gasteiger partial charge in [-0.05, 0) is 25.8 Å². The number of aromatic nitrogens is 4. The van der Waals surface area contributed by atoms with Gasteiger partial charge in [0.05, 0.1) is 24.4 Å². The van der Waals surface area contributed by atoms with Crippen LogP contribution in [0.1, 0.15) is 24.2 Å². The van der Waals surface area contributed by atoms with Crippen molar-refractivity contribution in [2.45, 2.75) is 26.3 Å². The van der Waals surface area contributed by atoms with Crippen LogP contribution in [0, 0.1) is 12.8 Å². The average Bonchev–Trinajstić information content (AvgIpc) is 2.61. The van der Waals surface area contributed by atoms with Crippen molar-refractivity contribution >= 4 is 11.9 Å². The lowest BCUT2D eigenvalue weighted by atomic mass is 9.97. The molecule has 0 aromatic carbocycles. The number of aryl methyl sites for hydroxylation is 1. The van der Waals surface area contributed by atoms with Crippen molar-refractivity contribution in [1.29, 1.82) is 0 Å². The minimum atomic E-state index is -0.0514. The van der Waals surface area contributed by atoms with Crippen LogP contribution in [-0.4, -0.2) is 38.9 Å². The molecule has 1 saturated heterocycles. The Morgan fingerprint density at radius 2 is 2.26 bits per heavy atom.